The van der Waals surface area contributed by atoms with E-state index < -0.39 is 0 Å². The van der Waals surface area contributed by atoms with Gasteiger partial charge >= 0.3 is 0 Å². The van der Waals surface area contributed by atoms with Crippen molar-refractivity contribution in [3.05, 3.63) is 0 Å². The van der Waals surface area contributed by atoms with E-state index in [0.29, 0.717) is 0 Å². The number of hydrogen-bond donors (Lipinski definition) is 2. The summed E-state index contributed by atoms with van der Waals surface area (Å²) >= 11 is 0. The molecule has 2 nitrogen and oxygen atoms in total. The van der Waals surface area contributed by atoms with Crippen molar-refractivity contribution in [2.24, 2.45) is 11.8 Å². The lowest BCUT2D eigenvalue weighted by Crippen LogP contribution is -2.34. The zero-order chi connectivity index (χ0) is 7.52. The highest BCUT2D eigenvalue weighted by atomic mass is 14.9. The third-order valence-electron chi connectivity index (χ3n) is 3.10. The molecule has 1 unspecified atom stereocenters. The van der Waals surface area contributed by atoms with Crippen molar-refractivity contribution in [3.63, 3.8) is 0 Å². The minimum atomic E-state index is 0.971. The molecule has 64 valence electrons. The van der Waals surface area contributed by atoms with Crippen LogP contribution in [-0.4, -0.2) is 26.2 Å². The number of rotatable bonds is 1. The molecule has 0 radical (unpaired) electrons. The van der Waals surface area contributed by atoms with Crippen LogP contribution in [0.2, 0.25) is 0 Å². The Morgan fingerprint density at radius 1 is 0.818 bits per heavy atom. The van der Waals surface area contributed by atoms with Crippen LogP contribution in [0.25, 0.3) is 0 Å². The average Bonchev–Trinajstić information content (AvgIpc) is 2.58. The van der Waals surface area contributed by atoms with Crippen LogP contribution in [0.15, 0.2) is 0 Å². The quantitative estimate of drug-likeness (QED) is 0.578. The van der Waals surface area contributed by atoms with Crippen molar-refractivity contribution in [1.82, 2.24) is 10.6 Å². The van der Waals surface area contributed by atoms with Crippen LogP contribution in [0.5, 0.6) is 0 Å². The van der Waals surface area contributed by atoms with Gasteiger partial charge in [0.15, 0.2) is 0 Å². The number of nitrogens with one attached hydrogen (secondary N) is 2. The minimum Gasteiger partial charge on any atom is -0.316 e. The van der Waals surface area contributed by atoms with Gasteiger partial charge in [0, 0.05) is 0 Å². The molecule has 0 aliphatic carbocycles. The Morgan fingerprint density at radius 2 is 1.55 bits per heavy atom. The number of hydrogen-bond acceptors (Lipinski definition) is 2. The standard InChI is InChI=1S/C9H18N2/c1-2-8(6-10-4-1)9-3-5-11-7-9/h8-11H,1-7H2/t8-,9?/m1/s1. The first-order chi connectivity index (χ1) is 5.47. The molecular weight excluding hydrogens is 136 g/mol. The molecular formula is C9H18N2. The molecule has 0 aromatic heterocycles. The van der Waals surface area contributed by atoms with Gasteiger partial charge in [0.25, 0.3) is 0 Å². The van der Waals surface area contributed by atoms with Crippen molar-refractivity contribution >= 4 is 0 Å². The largest absolute Gasteiger partial charge is 0.316 e. The summed E-state index contributed by atoms with van der Waals surface area (Å²) in [6.07, 6.45) is 4.26. The van der Waals surface area contributed by atoms with E-state index in [1.165, 1.54) is 45.4 Å². The highest BCUT2D eigenvalue weighted by Crippen LogP contribution is 2.24. The van der Waals surface area contributed by atoms with Crippen LogP contribution in [0.4, 0.5) is 0 Å². The Bertz CT molecular complexity index is 113. The molecule has 0 bridgehead atoms. The molecule has 2 fully saturated rings. The molecule has 2 aliphatic rings. The summed E-state index contributed by atoms with van der Waals surface area (Å²) in [4.78, 5) is 0. The maximum atomic E-state index is 3.48. The second kappa shape index (κ2) is 3.55. The van der Waals surface area contributed by atoms with Gasteiger partial charge in [-0.2, -0.15) is 0 Å². The smallest absolute Gasteiger partial charge is 0.00169 e. The molecule has 0 saturated carbocycles. The van der Waals surface area contributed by atoms with Crippen LogP contribution in [0.1, 0.15) is 19.3 Å². The highest BCUT2D eigenvalue weighted by molar-refractivity contribution is 4.81. The first-order valence-corrected chi connectivity index (χ1v) is 4.88. The fraction of sp³-hybridized carbons (Fsp3) is 1.00. The van der Waals surface area contributed by atoms with Crippen LogP contribution < -0.4 is 10.6 Å². The maximum Gasteiger partial charge on any atom is -0.00169 e. The van der Waals surface area contributed by atoms with E-state index in [1.54, 1.807) is 0 Å². The van der Waals surface area contributed by atoms with Crippen molar-refractivity contribution in [2.45, 2.75) is 19.3 Å². The molecule has 2 heteroatoms. The van der Waals surface area contributed by atoms with E-state index in [1.807, 2.05) is 0 Å². The summed E-state index contributed by atoms with van der Waals surface area (Å²) in [6, 6.07) is 0. The van der Waals surface area contributed by atoms with Gasteiger partial charge in [-0.1, -0.05) is 0 Å². The lowest BCUT2D eigenvalue weighted by Gasteiger charge is -2.27. The Morgan fingerprint density at radius 3 is 2.18 bits per heavy atom. The second-order valence-corrected chi connectivity index (χ2v) is 3.86. The van der Waals surface area contributed by atoms with Gasteiger partial charge in [-0.15, -0.1) is 0 Å². The van der Waals surface area contributed by atoms with Gasteiger partial charge in [-0.05, 0) is 57.3 Å². The average molecular weight is 154 g/mol. The molecule has 2 saturated heterocycles. The van der Waals surface area contributed by atoms with Gasteiger partial charge in [0.2, 0.25) is 0 Å². The van der Waals surface area contributed by atoms with E-state index in [2.05, 4.69) is 10.6 Å². The summed E-state index contributed by atoms with van der Waals surface area (Å²) in [5, 5.41) is 6.93. The van der Waals surface area contributed by atoms with Gasteiger partial charge in [-0.3, -0.25) is 0 Å². The summed E-state index contributed by atoms with van der Waals surface area (Å²) < 4.78 is 0. The molecule has 2 N–H and O–H groups in total. The summed E-state index contributed by atoms with van der Waals surface area (Å²) in [6.45, 7) is 5.04. The monoisotopic (exact) mass is 154 g/mol. The fourth-order valence-corrected chi connectivity index (χ4v) is 2.36. The maximum absolute atomic E-state index is 3.48. The summed E-state index contributed by atoms with van der Waals surface area (Å²) in [5.41, 5.74) is 0. The van der Waals surface area contributed by atoms with Crippen LogP contribution in [-0.2, 0) is 0 Å². The zero-order valence-electron chi connectivity index (χ0n) is 7.10. The molecule has 2 heterocycles. The van der Waals surface area contributed by atoms with E-state index in [0.717, 1.165) is 11.8 Å². The first-order valence-electron chi connectivity index (χ1n) is 4.88. The minimum absolute atomic E-state index is 0.971. The van der Waals surface area contributed by atoms with E-state index in [4.69, 9.17) is 0 Å². The SMILES string of the molecule is C1CNC[C@H](C2CCNC2)C1. The highest BCUT2D eigenvalue weighted by Gasteiger charge is 2.25. The molecule has 0 aromatic rings. The number of piperidine rings is 1. The molecule has 2 rings (SSSR count). The Labute approximate surface area is 68.7 Å². The molecule has 2 aliphatic heterocycles. The Balaban J connectivity index is 1.82. The van der Waals surface area contributed by atoms with Crippen molar-refractivity contribution in [3.8, 4) is 0 Å². The van der Waals surface area contributed by atoms with Crippen molar-refractivity contribution in [1.29, 1.82) is 0 Å². The lowest BCUT2D eigenvalue weighted by atomic mass is 9.86. The topological polar surface area (TPSA) is 24.1 Å². The zero-order valence-corrected chi connectivity index (χ0v) is 7.10. The fourth-order valence-electron chi connectivity index (χ4n) is 2.36. The molecule has 0 amide bonds. The lowest BCUT2D eigenvalue weighted by molar-refractivity contribution is 0.280. The van der Waals surface area contributed by atoms with Gasteiger partial charge in [-0.25, -0.2) is 0 Å². The predicted molar refractivity (Wildman–Crippen MR) is 46.6 cm³/mol. The summed E-state index contributed by atoms with van der Waals surface area (Å²) in [7, 11) is 0. The Hall–Kier alpha value is -0.0800. The molecule has 0 aromatic carbocycles. The predicted octanol–water partition coefficient (Wildman–Crippen LogP) is 0.595. The third kappa shape index (κ3) is 1.74. The normalized spacial score (nSPS) is 39.3. The Kier molecular flexibility index (Phi) is 2.44. The molecule has 11 heavy (non-hydrogen) atoms. The van der Waals surface area contributed by atoms with Crippen molar-refractivity contribution < 1.29 is 0 Å². The molecule has 0 spiro atoms. The van der Waals surface area contributed by atoms with Crippen LogP contribution >= 0.6 is 0 Å². The van der Waals surface area contributed by atoms with Gasteiger partial charge in [0.1, 0.15) is 0 Å². The van der Waals surface area contributed by atoms with E-state index >= 15 is 0 Å². The summed E-state index contributed by atoms with van der Waals surface area (Å²) in [5.74, 6) is 1.95. The van der Waals surface area contributed by atoms with E-state index in [-0.39, 0.29) is 0 Å². The third-order valence-corrected chi connectivity index (χ3v) is 3.10. The van der Waals surface area contributed by atoms with E-state index in [9.17, 15) is 0 Å². The van der Waals surface area contributed by atoms with Gasteiger partial charge < -0.3 is 10.6 Å². The first kappa shape index (κ1) is 7.56. The second-order valence-electron chi connectivity index (χ2n) is 3.86. The van der Waals surface area contributed by atoms with Crippen molar-refractivity contribution in [2.75, 3.05) is 26.2 Å². The van der Waals surface area contributed by atoms with Crippen LogP contribution in [0.3, 0.4) is 0 Å². The van der Waals surface area contributed by atoms with Crippen LogP contribution in [0, 0.1) is 11.8 Å². The molecule has 2 atom stereocenters. The van der Waals surface area contributed by atoms with Gasteiger partial charge in [0.05, 0.1) is 0 Å².